The third-order valence-corrected chi connectivity index (χ3v) is 3.10. The van der Waals surface area contributed by atoms with Crippen molar-refractivity contribution in [1.29, 1.82) is 0 Å². The van der Waals surface area contributed by atoms with Gasteiger partial charge in [-0.2, -0.15) is 0 Å². The van der Waals surface area contributed by atoms with Crippen molar-refractivity contribution >= 4 is 35.8 Å². The molecule has 0 bridgehead atoms. The van der Waals surface area contributed by atoms with E-state index in [1.54, 1.807) is 13.0 Å². The zero-order valence-corrected chi connectivity index (χ0v) is 12.2. The summed E-state index contributed by atoms with van der Waals surface area (Å²) in [6.07, 6.45) is 1.84. The van der Waals surface area contributed by atoms with Gasteiger partial charge in [0.2, 0.25) is 0 Å². The van der Waals surface area contributed by atoms with Crippen molar-refractivity contribution < 1.29 is 9.72 Å². The van der Waals surface area contributed by atoms with Crippen LogP contribution in [-0.4, -0.2) is 29.7 Å². The van der Waals surface area contributed by atoms with E-state index < -0.39 is 10.8 Å². The number of hydrogen-bond acceptors (Lipinski definition) is 5. The Balaban J connectivity index is 0.00000324. The Labute approximate surface area is 121 Å². The number of carbonyl (C=O) groups excluding carboxylic acids is 1. The first-order valence-corrected chi connectivity index (χ1v) is 6.55. The van der Waals surface area contributed by atoms with Crippen molar-refractivity contribution in [1.82, 2.24) is 5.32 Å². The lowest BCUT2D eigenvalue weighted by atomic mass is 10.1. The fourth-order valence-electron chi connectivity index (χ4n) is 1.34. The van der Waals surface area contributed by atoms with Gasteiger partial charge in [-0.15, -0.1) is 24.2 Å². The summed E-state index contributed by atoms with van der Waals surface area (Å²) in [7, 11) is 0. The van der Waals surface area contributed by atoms with Crippen LogP contribution in [0, 0.1) is 10.1 Å². The summed E-state index contributed by atoms with van der Waals surface area (Å²) >= 11 is 1.42. The fourth-order valence-corrected chi connectivity index (χ4v) is 1.78. The van der Waals surface area contributed by atoms with E-state index >= 15 is 0 Å². The van der Waals surface area contributed by atoms with Crippen molar-refractivity contribution in [3.05, 3.63) is 33.9 Å². The molecule has 0 radical (unpaired) electrons. The molecule has 1 rings (SSSR count). The number of nitrogens with two attached hydrogens (primary N) is 1. The van der Waals surface area contributed by atoms with Crippen LogP contribution < -0.4 is 11.1 Å². The quantitative estimate of drug-likeness (QED) is 0.491. The Kier molecular flexibility index (Phi) is 7.43. The van der Waals surface area contributed by atoms with E-state index in [0.29, 0.717) is 0 Å². The van der Waals surface area contributed by atoms with Crippen LogP contribution in [0.3, 0.4) is 0 Å². The monoisotopic (exact) mass is 305 g/mol. The molecule has 19 heavy (non-hydrogen) atoms. The van der Waals surface area contributed by atoms with Gasteiger partial charge < -0.3 is 11.1 Å². The Morgan fingerprint density at radius 1 is 1.58 bits per heavy atom. The van der Waals surface area contributed by atoms with Crippen molar-refractivity contribution in [2.75, 3.05) is 12.8 Å². The van der Waals surface area contributed by atoms with E-state index in [4.69, 9.17) is 5.73 Å². The number of nitro groups is 1. The van der Waals surface area contributed by atoms with Gasteiger partial charge in [0, 0.05) is 23.5 Å². The molecule has 0 saturated heterocycles. The Hall–Kier alpha value is -1.31. The molecule has 0 heterocycles. The van der Waals surface area contributed by atoms with Crippen LogP contribution in [0.5, 0.6) is 0 Å². The first-order chi connectivity index (χ1) is 8.49. The second kappa shape index (κ2) is 7.98. The highest BCUT2D eigenvalue weighted by atomic mass is 35.5. The molecule has 8 heteroatoms. The minimum atomic E-state index is -0.563. The van der Waals surface area contributed by atoms with Crippen LogP contribution in [0.15, 0.2) is 23.1 Å². The summed E-state index contributed by atoms with van der Waals surface area (Å²) in [6.45, 7) is 2.02. The average molecular weight is 306 g/mol. The minimum absolute atomic E-state index is 0. The molecular weight excluding hydrogens is 290 g/mol. The van der Waals surface area contributed by atoms with Gasteiger partial charge in [0.25, 0.3) is 11.6 Å². The third-order valence-electron chi connectivity index (χ3n) is 2.38. The van der Waals surface area contributed by atoms with Crippen LogP contribution in [0.4, 0.5) is 5.69 Å². The Morgan fingerprint density at radius 3 is 2.68 bits per heavy atom. The zero-order valence-electron chi connectivity index (χ0n) is 10.6. The summed E-state index contributed by atoms with van der Waals surface area (Å²) in [5, 5.41) is 13.5. The molecule has 0 unspecified atom stereocenters. The molecule has 0 spiro atoms. The number of thioether (sulfide) groups is 1. The third kappa shape index (κ3) is 4.70. The maximum atomic E-state index is 11.9. The number of nitrogens with zero attached hydrogens (tertiary/aromatic N) is 1. The van der Waals surface area contributed by atoms with E-state index in [1.807, 2.05) is 6.26 Å². The first-order valence-electron chi connectivity index (χ1n) is 5.33. The zero-order chi connectivity index (χ0) is 13.7. The molecule has 106 valence electrons. The van der Waals surface area contributed by atoms with E-state index in [0.717, 1.165) is 4.90 Å². The van der Waals surface area contributed by atoms with Gasteiger partial charge in [-0.05, 0) is 25.3 Å². The molecule has 0 aromatic heterocycles. The van der Waals surface area contributed by atoms with Crippen LogP contribution in [0.25, 0.3) is 0 Å². The minimum Gasteiger partial charge on any atom is -0.348 e. The highest BCUT2D eigenvalue weighted by Gasteiger charge is 2.21. The van der Waals surface area contributed by atoms with E-state index in [2.05, 4.69) is 5.32 Å². The molecule has 0 aliphatic rings. The first kappa shape index (κ1) is 17.7. The average Bonchev–Trinajstić information content (AvgIpc) is 2.37. The van der Waals surface area contributed by atoms with E-state index in [-0.39, 0.29) is 36.2 Å². The van der Waals surface area contributed by atoms with Gasteiger partial charge in [-0.3, -0.25) is 14.9 Å². The topological polar surface area (TPSA) is 98.3 Å². The fraction of sp³-hybridized carbons (Fsp3) is 0.364. The lowest BCUT2D eigenvalue weighted by Crippen LogP contribution is -2.38. The largest absolute Gasteiger partial charge is 0.348 e. The maximum Gasteiger partial charge on any atom is 0.282 e. The molecule has 3 N–H and O–H groups in total. The summed E-state index contributed by atoms with van der Waals surface area (Å²) < 4.78 is 0. The van der Waals surface area contributed by atoms with Crippen LogP contribution >= 0.6 is 24.2 Å². The highest BCUT2D eigenvalue weighted by Crippen LogP contribution is 2.24. The predicted octanol–water partition coefficient (Wildman–Crippen LogP) is 1.82. The number of benzene rings is 1. The molecule has 0 fully saturated rings. The standard InChI is InChI=1S/C11H15N3O3S.ClH/c1-7(6-12)13-11(15)9-5-8(18-2)3-4-10(9)14(16)17;/h3-5,7H,6,12H2,1-2H3,(H,13,15);1H/t7-;/m0./s1. The second-order valence-electron chi connectivity index (χ2n) is 3.75. The molecule has 0 saturated carbocycles. The normalized spacial score (nSPS) is 11.3. The molecular formula is C11H16ClN3O3S. The molecule has 1 aromatic rings. The van der Waals surface area contributed by atoms with Gasteiger partial charge >= 0.3 is 0 Å². The molecule has 0 aliphatic heterocycles. The number of halogens is 1. The van der Waals surface area contributed by atoms with Gasteiger partial charge in [0.05, 0.1) is 4.92 Å². The SMILES string of the molecule is CSc1ccc([N+](=O)[O-])c(C(=O)N[C@@H](C)CN)c1.Cl. The molecule has 1 amide bonds. The smallest absolute Gasteiger partial charge is 0.282 e. The predicted molar refractivity (Wildman–Crippen MR) is 78.1 cm³/mol. The van der Waals surface area contributed by atoms with Crippen molar-refractivity contribution in [2.24, 2.45) is 5.73 Å². The number of hydrogen-bond donors (Lipinski definition) is 2. The molecule has 0 aliphatic carbocycles. The Bertz CT molecular complexity index is 470. The van der Waals surface area contributed by atoms with Crippen LogP contribution in [0.1, 0.15) is 17.3 Å². The summed E-state index contributed by atoms with van der Waals surface area (Å²) in [5.41, 5.74) is 5.26. The van der Waals surface area contributed by atoms with Gasteiger partial charge in [-0.25, -0.2) is 0 Å². The molecule has 6 nitrogen and oxygen atoms in total. The maximum absolute atomic E-state index is 11.9. The van der Waals surface area contributed by atoms with Crippen LogP contribution in [-0.2, 0) is 0 Å². The van der Waals surface area contributed by atoms with Gasteiger partial charge in [-0.1, -0.05) is 0 Å². The lowest BCUT2D eigenvalue weighted by Gasteiger charge is -2.11. The summed E-state index contributed by atoms with van der Waals surface area (Å²) in [5.74, 6) is -0.476. The Morgan fingerprint density at radius 2 is 2.21 bits per heavy atom. The number of carbonyl (C=O) groups is 1. The number of amides is 1. The summed E-state index contributed by atoms with van der Waals surface area (Å²) in [6, 6.07) is 4.25. The van der Waals surface area contributed by atoms with E-state index in [9.17, 15) is 14.9 Å². The number of nitrogens with one attached hydrogen (secondary N) is 1. The van der Waals surface area contributed by atoms with Gasteiger partial charge in [0.15, 0.2) is 0 Å². The second-order valence-corrected chi connectivity index (χ2v) is 4.63. The van der Waals surface area contributed by atoms with Crippen molar-refractivity contribution in [2.45, 2.75) is 17.9 Å². The number of rotatable bonds is 5. The van der Waals surface area contributed by atoms with E-state index in [1.165, 1.54) is 23.9 Å². The van der Waals surface area contributed by atoms with Crippen LogP contribution in [0.2, 0.25) is 0 Å². The number of nitro benzene ring substituents is 1. The summed E-state index contributed by atoms with van der Waals surface area (Å²) in [4.78, 5) is 23.0. The van der Waals surface area contributed by atoms with Crippen molar-refractivity contribution in [3.8, 4) is 0 Å². The molecule has 1 atom stereocenters. The molecule has 1 aromatic carbocycles. The van der Waals surface area contributed by atoms with Crippen molar-refractivity contribution in [3.63, 3.8) is 0 Å². The van der Waals surface area contributed by atoms with Gasteiger partial charge in [0.1, 0.15) is 5.56 Å². The lowest BCUT2D eigenvalue weighted by molar-refractivity contribution is -0.385. The highest BCUT2D eigenvalue weighted by molar-refractivity contribution is 7.98.